The smallest absolute Gasteiger partial charge is 0.258 e. The van der Waals surface area contributed by atoms with E-state index in [0.717, 1.165) is 0 Å². The third-order valence-electron chi connectivity index (χ3n) is 3.22. The number of aliphatic hydroxyl groups is 1. The van der Waals surface area contributed by atoms with Crippen LogP contribution in [0.1, 0.15) is 36.7 Å². The lowest BCUT2D eigenvalue weighted by Gasteiger charge is -2.30. The quantitative estimate of drug-likeness (QED) is 0.675. The molecule has 2 rings (SSSR count). The molecule has 3 heteroatoms. The Morgan fingerprint density at radius 2 is 1.45 bits per heavy atom. The molecule has 0 radical (unpaired) electrons. The molecule has 0 aliphatic rings. The summed E-state index contributed by atoms with van der Waals surface area (Å²) in [6, 6.07) is 17.5. The molecule has 0 saturated heterocycles. The molecule has 0 heterocycles. The van der Waals surface area contributed by atoms with Gasteiger partial charge in [0.05, 0.1) is 6.61 Å². The first-order valence-corrected chi connectivity index (χ1v) is 7.35. The van der Waals surface area contributed by atoms with Crippen molar-refractivity contribution in [1.82, 2.24) is 0 Å². The van der Waals surface area contributed by atoms with Crippen molar-refractivity contribution < 1.29 is 14.6 Å². The zero-order valence-electron chi connectivity index (χ0n) is 13.2. The van der Waals surface area contributed by atoms with E-state index in [2.05, 4.69) is 0 Å². The molecule has 1 atom stereocenters. The van der Waals surface area contributed by atoms with Crippen molar-refractivity contribution in [1.29, 1.82) is 0 Å². The zero-order chi connectivity index (χ0) is 16.2. The van der Waals surface area contributed by atoms with E-state index in [1.54, 1.807) is 48.5 Å². The molecular weight excluding hydrogens is 276 g/mol. The number of rotatable bonds is 5. The van der Waals surface area contributed by atoms with Gasteiger partial charge in [-0.25, -0.2) is 0 Å². The highest BCUT2D eigenvalue weighted by atomic mass is 16.6. The second kappa shape index (κ2) is 6.42. The third-order valence-corrected chi connectivity index (χ3v) is 3.22. The maximum atomic E-state index is 12.8. The normalized spacial score (nSPS) is 14.4. The molecule has 0 aliphatic heterocycles. The van der Waals surface area contributed by atoms with E-state index in [1.807, 2.05) is 32.9 Å². The minimum atomic E-state index is -1.98. The van der Waals surface area contributed by atoms with Crippen LogP contribution in [0, 0.1) is 5.41 Å². The van der Waals surface area contributed by atoms with Crippen LogP contribution < -0.4 is 0 Å². The molecule has 0 bridgehead atoms. The van der Waals surface area contributed by atoms with E-state index >= 15 is 0 Å². The van der Waals surface area contributed by atoms with Gasteiger partial charge in [-0.05, 0) is 5.41 Å². The molecule has 0 aromatic heterocycles. The van der Waals surface area contributed by atoms with Gasteiger partial charge in [0.1, 0.15) is 0 Å². The predicted molar refractivity (Wildman–Crippen MR) is 86.5 cm³/mol. The monoisotopic (exact) mass is 298 g/mol. The Morgan fingerprint density at radius 3 is 1.95 bits per heavy atom. The van der Waals surface area contributed by atoms with Crippen LogP contribution in [-0.4, -0.2) is 17.5 Å². The summed E-state index contributed by atoms with van der Waals surface area (Å²) < 4.78 is 5.70. The number of benzene rings is 2. The molecule has 2 aromatic carbocycles. The summed E-state index contributed by atoms with van der Waals surface area (Å²) >= 11 is 0. The van der Waals surface area contributed by atoms with Gasteiger partial charge in [-0.15, -0.1) is 0 Å². The fourth-order valence-electron chi connectivity index (χ4n) is 2.05. The van der Waals surface area contributed by atoms with Gasteiger partial charge >= 0.3 is 0 Å². The van der Waals surface area contributed by atoms with E-state index in [9.17, 15) is 9.90 Å². The largest absolute Gasteiger partial charge is 0.356 e. The van der Waals surface area contributed by atoms with E-state index in [1.165, 1.54) is 0 Å². The molecule has 22 heavy (non-hydrogen) atoms. The number of ketones is 1. The van der Waals surface area contributed by atoms with Crippen molar-refractivity contribution in [3.8, 4) is 0 Å². The van der Waals surface area contributed by atoms with Crippen molar-refractivity contribution in [2.75, 3.05) is 6.61 Å². The van der Waals surface area contributed by atoms with Gasteiger partial charge in [0.2, 0.25) is 5.78 Å². The van der Waals surface area contributed by atoms with Crippen LogP contribution in [0.25, 0.3) is 0 Å². The maximum absolute atomic E-state index is 12.8. The van der Waals surface area contributed by atoms with Gasteiger partial charge in [-0.1, -0.05) is 81.4 Å². The molecule has 0 spiro atoms. The van der Waals surface area contributed by atoms with E-state index in [4.69, 9.17) is 4.74 Å². The summed E-state index contributed by atoms with van der Waals surface area (Å²) in [5, 5.41) is 11.0. The summed E-state index contributed by atoms with van der Waals surface area (Å²) in [6.07, 6.45) is 0. The molecule has 0 amide bonds. The first kappa shape index (κ1) is 16.4. The maximum Gasteiger partial charge on any atom is 0.258 e. The van der Waals surface area contributed by atoms with Crippen molar-refractivity contribution >= 4 is 5.78 Å². The minimum absolute atomic E-state index is 0.167. The number of hydrogen-bond donors (Lipinski definition) is 1. The van der Waals surface area contributed by atoms with Crippen LogP contribution in [0.2, 0.25) is 0 Å². The number of Topliss-reactive ketones (excluding diaryl/α,β-unsaturated/α-hetero) is 1. The van der Waals surface area contributed by atoms with E-state index in [0.29, 0.717) is 11.1 Å². The highest BCUT2D eigenvalue weighted by Gasteiger charge is 2.40. The summed E-state index contributed by atoms with van der Waals surface area (Å²) in [6.45, 7) is 6.24. The van der Waals surface area contributed by atoms with Crippen molar-refractivity contribution in [2.24, 2.45) is 5.41 Å². The van der Waals surface area contributed by atoms with Crippen molar-refractivity contribution in [3.05, 3.63) is 71.8 Å². The topological polar surface area (TPSA) is 46.5 Å². The minimum Gasteiger partial charge on any atom is -0.356 e. The summed E-state index contributed by atoms with van der Waals surface area (Å²) in [4.78, 5) is 12.8. The predicted octanol–water partition coefficient (Wildman–Crippen LogP) is 3.78. The van der Waals surface area contributed by atoms with Gasteiger partial charge in [0, 0.05) is 11.1 Å². The van der Waals surface area contributed by atoms with Gasteiger partial charge < -0.3 is 9.84 Å². The summed E-state index contributed by atoms with van der Waals surface area (Å²) in [5.41, 5.74) is 0.690. The number of carbonyl (C=O) groups excluding carboxylic acids is 1. The van der Waals surface area contributed by atoms with E-state index < -0.39 is 11.6 Å². The summed E-state index contributed by atoms with van der Waals surface area (Å²) in [5.74, 6) is -2.43. The lowest BCUT2D eigenvalue weighted by molar-refractivity contribution is -0.187. The highest BCUT2D eigenvalue weighted by Crippen LogP contribution is 2.29. The first-order chi connectivity index (χ1) is 10.3. The van der Waals surface area contributed by atoms with Gasteiger partial charge in [0.15, 0.2) is 0 Å². The third kappa shape index (κ3) is 3.81. The number of carbonyl (C=O) groups is 1. The molecule has 0 fully saturated rings. The number of hydrogen-bond acceptors (Lipinski definition) is 3. The lowest BCUT2D eigenvalue weighted by atomic mass is 9.94. The molecule has 0 aliphatic carbocycles. The van der Waals surface area contributed by atoms with Crippen LogP contribution in [0.4, 0.5) is 0 Å². The van der Waals surface area contributed by atoms with Gasteiger partial charge in [0.25, 0.3) is 5.79 Å². The van der Waals surface area contributed by atoms with Crippen molar-refractivity contribution in [2.45, 2.75) is 26.6 Å². The molecule has 1 N–H and O–H groups in total. The zero-order valence-corrected chi connectivity index (χ0v) is 13.2. The van der Waals surface area contributed by atoms with Crippen molar-refractivity contribution in [3.63, 3.8) is 0 Å². The molecule has 2 aromatic rings. The summed E-state index contributed by atoms with van der Waals surface area (Å²) in [7, 11) is 0. The van der Waals surface area contributed by atoms with Crippen LogP contribution in [0.5, 0.6) is 0 Å². The van der Waals surface area contributed by atoms with Gasteiger partial charge in [-0.2, -0.15) is 0 Å². The fourth-order valence-corrected chi connectivity index (χ4v) is 2.05. The first-order valence-electron chi connectivity index (χ1n) is 7.35. The van der Waals surface area contributed by atoms with Gasteiger partial charge in [-0.3, -0.25) is 4.79 Å². The molecule has 3 nitrogen and oxygen atoms in total. The van der Waals surface area contributed by atoms with E-state index in [-0.39, 0.29) is 12.0 Å². The Hall–Kier alpha value is -1.97. The van der Waals surface area contributed by atoms with Crippen LogP contribution in [0.15, 0.2) is 60.7 Å². The SMILES string of the molecule is CC(C)(C)COC(O)(C(=O)c1ccccc1)c1ccccc1. The second-order valence-electron chi connectivity index (χ2n) is 6.55. The average molecular weight is 298 g/mol. The fraction of sp³-hybridized carbons (Fsp3) is 0.316. The molecule has 116 valence electrons. The second-order valence-corrected chi connectivity index (χ2v) is 6.55. The molecule has 0 saturated carbocycles. The molecular formula is C19H22O3. The Kier molecular flexibility index (Phi) is 4.79. The average Bonchev–Trinajstić information content (AvgIpc) is 2.53. The Morgan fingerprint density at radius 1 is 0.955 bits per heavy atom. The molecule has 1 unspecified atom stereocenters. The van der Waals surface area contributed by atoms with Crippen LogP contribution >= 0.6 is 0 Å². The Bertz CT molecular complexity index is 614. The Labute approximate surface area is 131 Å². The standard InChI is InChI=1S/C19H22O3/c1-18(2,3)14-22-19(21,16-12-8-5-9-13-16)17(20)15-10-6-4-7-11-15/h4-13,21H,14H2,1-3H3. The van der Waals surface area contributed by atoms with Crippen LogP contribution in [0.3, 0.4) is 0 Å². The Balaban J connectivity index is 2.39. The highest BCUT2D eigenvalue weighted by molar-refractivity contribution is 6.01. The van der Waals surface area contributed by atoms with Crippen LogP contribution in [-0.2, 0) is 10.5 Å². The number of ether oxygens (including phenoxy) is 1. The lowest BCUT2D eigenvalue weighted by Crippen LogP contribution is -2.41.